The van der Waals surface area contributed by atoms with Gasteiger partial charge in [-0.15, -0.1) is 0 Å². The van der Waals surface area contributed by atoms with E-state index in [9.17, 15) is 33.8 Å². The van der Waals surface area contributed by atoms with Gasteiger partial charge in [-0.3, -0.25) is 23.7 Å². The zero-order chi connectivity index (χ0) is 28.7. The molecule has 13 nitrogen and oxygen atoms in total. The van der Waals surface area contributed by atoms with Gasteiger partial charge in [-0.05, 0) is 12.8 Å². The molecule has 1 aromatic heterocycles. The van der Waals surface area contributed by atoms with E-state index in [0.717, 1.165) is 62.0 Å². The van der Waals surface area contributed by atoms with Crippen LogP contribution < -0.4 is 11.2 Å². The molecule has 0 radical (unpaired) electrons. The molecule has 1 aliphatic rings. The van der Waals surface area contributed by atoms with Gasteiger partial charge in [-0.25, -0.2) is 9.36 Å². The fraction of sp³-hybridized carbons (Fsp3) is 0.800. The number of carboxylic acid groups (broad SMARTS) is 1. The van der Waals surface area contributed by atoms with Crippen molar-refractivity contribution in [1.82, 2.24) is 9.55 Å². The molecular formula is C25H43N2O11P. The van der Waals surface area contributed by atoms with Crippen molar-refractivity contribution < 1.29 is 43.4 Å². The number of carbonyl (C=O) groups is 1. The van der Waals surface area contributed by atoms with Gasteiger partial charge >= 0.3 is 19.5 Å². The van der Waals surface area contributed by atoms with Crippen molar-refractivity contribution in [1.29, 1.82) is 0 Å². The number of nitrogens with one attached hydrogen (secondary N) is 1. The first-order valence-electron chi connectivity index (χ1n) is 13.8. The standard InChI is InChI=1S/C25H43N2O11P/c28-18-19-22(38-39(33,34)35)23(24(37-19)27-16-15-20(29)26-25(27)32)36-17-13-11-9-7-5-3-1-2-4-6-8-10-12-14-21(30)31/h15-16,19,22-24,28H,1-14,17-18H2,(H,30,31)(H,26,29,32)(H2,33,34,35)/t19-,22-,23-,24-/m1/s1. The Balaban J connectivity index is 1.68. The van der Waals surface area contributed by atoms with Crippen LogP contribution in [0.25, 0.3) is 0 Å². The normalized spacial score (nSPS) is 21.4. The molecule has 0 saturated carbocycles. The highest BCUT2D eigenvalue weighted by Gasteiger charge is 2.49. The minimum atomic E-state index is -4.95. The fourth-order valence-corrected chi connectivity index (χ4v) is 5.28. The van der Waals surface area contributed by atoms with Gasteiger partial charge in [0, 0.05) is 25.3 Å². The Kier molecular flexibility index (Phi) is 15.2. The van der Waals surface area contributed by atoms with Crippen LogP contribution in [0.1, 0.15) is 96.1 Å². The number of phosphoric acid groups is 1. The number of aliphatic hydroxyl groups excluding tert-OH is 1. The molecule has 5 N–H and O–H groups in total. The van der Waals surface area contributed by atoms with Gasteiger partial charge in [0.1, 0.15) is 18.3 Å². The molecule has 1 fully saturated rings. The van der Waals surface area contributed by atoms with Crippen LogP contribution in [0.5, 0.6) is 0 Å². The third kappa shape index (κ3) is 12.9. The van der Waals surface area contributed by atoms with Crippen LogP contribution in [0, 0.1) is 0 Å². The van der Waals surface area contributed by atoms with Crippen molar-refractivity contribution in [3.63, 3.8) is 0 Å². The van der Waals surface area contributed by atoms with Crippen LogP contribution in [0.15, 0.2) is 21.9 Å². The summed E-state index contributed by atoms with van der Waals surface area (Å²) in [6.45, 7) is -0.389. The molecule has 1 aliphatic heterocycles. The third-order valence-corrected chi connectivity index (χ3v) is 7.21. The summed E-state index contributed by atoms with van der Waals surface area (Å²) in [5.74, 6) is -0.724. The summed E-state index contributed by atoms with van der Waals surface area (Å²) in [6, 6.07) is 1.11. The van der Waals surface area contributed by atoms with Gasteiger partial charge in [0.25, 0.3) is 5.56 Å². The maximum absolute atomic E-state index is 12.3. The van der Waals surface area contributed by atoms with Crippen molar-refractivity contribution in [3.8, 4) is 0 Å². The van der Waals surface area contributed by atoms with Crippen molar-refractivity contribution in [2.45, 2.75) is 114 Å². The van der Waals surface area contributed by atoms with Crippen molar-refractivity contribution in [3.05, 3.63) is 33.1 Å². The summed E-state index contributed by atoms with van der Waals surface area (Å²) in [7, 11) is -4.95. The van der Waals surface area contributed by atoms with E-state index < -0.39 is 56.2 Å². The second-order valence-corrected chi connectivity index (χ2v) is 11.1. The number of aliphatic hydroxyl groups is 1. The van der Waals surface area contributed by atoms with Gasteiger partial charge in [-0.1, -0.05) is 70.6 Å². The molecule has 0 aliphatic carbocycles. The lowest BCUT2D eigenvalue weighted by Crippen LogP contribution is -2.40. The molecule has 14 heteroatoms. The van der Waals surface area contributed by atoms with Crippen molar-refractivity contribution >= 4 is 13.8 Å². The number of aromatic nitrogens is 2. The number of rotatable bonds is 21. The first-order chi connectivity index (χ1) is 18.6. The van der Waals surface area contributed by atoms with Crippen LogP contribution >= 0.6 is 7.82 Å². The third-order valence-electron chi connectivity index (χ3n) is 6.70. The van der Waals surface area contributed by atoms with E-state index in [1.807, 2.05) is 0 Å². The van der Waals surface area contributed by atoms with E-state index in [1.54, 1.807) is 0 Å². The zero-order valence-electron chi connectivity index (χ0n) is 22.3. The van der Waals surface area contributed by atoms with Crippen LogP contribution in [-0.2, 0) is 23.4 Å². The number of nitrogens with zero attached hydrogens (tertiary/aromatic N) is 1. The maximum Gasteiger partial charge on any atom is 0.470 e. The average molecular weight is 579 g/mol. The number of phosphoric ester groups is 1. The van der Waals surface area contributed by atoms with Gasteiger partial charge in [-0.2, -0.15) is 0 Å². The quantitative estimate of drug-likeness (QED) is 0.106. The monoisotopic (exact) mass is 578 g/mol. The molecule has 39 heavy (non-hydrogen) atoms. The number of H-pyrrole nitrogens is 1. The number of unbranched alkanes of at least 4 members (excludes halogenated alkanes) is 12. The lowest BCUT2D eigenvalue weighted by atomic mass is 10.0. The molecule has 0 bridgehead atoms. The van der Waals surface area contributed by atoms with Crippen LogP contribution in [-0.4, -0.2) is 67.0 Å². The molecule has 0 spiro atoms. The summed E-state index contributed by atoms with van der Waals surface area (Å²) in [5, 5.41) is 18.3. The fourth-order valence-electron chi connectivity index (χ4n) is 4.71. The van der Waals surface area contributed by atoms with Crippen LogP contribution in [0.3, 0.4) is 0 Å². The number of aliphatic carboxylic acids is 1. The SMILES string of the molecule is O=C(O)CCCCCCCCCCCCCCCO[C@@H]1[C@H](OP(=O)(O)O)[C@@H](CO)O[C@H]1n1ccc(=O)[nH]c1=O. The largest absolute Gasteiger partial charge is 0.481 e. The smallest absolute Gasteiger partial charge is 0.470 e. The first kappa shape index (κ1) is 33.3. The number of carboxylic acids is 1. The summed E-state index contributed by atoms with van der Waals surface area (Å²) in [6.07, 6.45) is 10.3. The Labute approximate surface area is 227 Å². The van der Waals surface area contributed by atoms with E-state index in [0.29, 0.717) is 6.42 Å². The average Bonchev–Trinajstić information content (AvgIpc) is 3.18. The molecule has 0 amide bonds. The second-order valence-electron chi connectivity index (χ2n) is 9.90. The molecule has 0 unspecified atom stereocenters. The Hall–Kier alpha value is -1.86. The van der Waals surface area contributed by atoms with E-state index in [1.165, 1.54) is 31.9 Å². The topological polar surface area (TPSA) is 198 Å². The Morgan fingerprint density at radius 2 is 1.46 bits per heavy atom. The maximum atomic E-state index is 12.3. The van der Waals surface area contributed by atoms with Gasteiger partial charge in [0.15, 0.2) is 6.23 Å². The summed E-state index contributed by atoms with van der Waals surface area (Å²) in [5.41, 5.74) is -1.40. The minimum absolute atomic E-state index is 0.230. The number of hydrogen-bond donors (Lipinski definition) is 5. The Morgan fingerprint density at radius 1 is 0.923 bits per heavy atom. The van der Waals surface area contributed by atoms with Gasteiger partial charge in [0.2, 0.25) is 0 Å². The molecular weight excluding hydrogens is 535 g/mol. The second kappa shape index (κ2) is 17.8. The molecule has 224 valence electrons. The number of ether oxygens (including phenoxy) is 2. The van der Waals surface area contributed by atoms with Crippen LogP contribution in [0.2, 0.25) is 0 Å². The lowest BCUT2D eigenvalue weighted by molar-refractivity contribution is -0.137. The molecule has 1 aromatic rings. The number of hydrogen-bond acceptors (Lipinski definition) is 8. The molecule has 1 saturated heterocycles. The highest BCUT2D eigenvalue weighted by Crippen LogP contribution is 2.44. The summed E-state index contributed by atoms with van der Waals surface area (Å²) < 4.78 is 29.0. The van der Waals surface area contributed by atoms with E-state index >= 15 is 0 Å². The summed E-state index contributed by atoms with van der Waals surface area (Å²) >= 11 is 0. The van der Waals surface area contributed by atoms with Gasteiger partial charge < -0.3 is 29.5 Å². The highest BCUT2D eigenvalue weighted by molar-refractivity contribution is 7.46. The molecule has 0 aromatic carbocycles. The number of aromatic amines is 1. The van der Waals surface area contributed by atoms with E-state index in [-0.39, 0.29) is 13.0 Å². The molecule has 2 heterocycles. The van der Waals surface area contributed by atoms with Gasteiger partial charge in [0.05, 0.1) is 6.61 Å². The summed E-state index contributed by atoms with van der Waals surface area (Å²) in [4.78, 5) is 55.0. The van der Waals surface area contributed by atoms with Crippen molar-refractivity contribution in [2.24, 2.45) is 0 Å². The zero-order valence-corrected chi connectivity index (χ0v) is 23.2. The van der Waals surface area contributed by atoms with Crippen LogP contribution in [0.4, 0.5) is 0 Å². The molecule has 2 rings (SSSR count). The van der Waals surface area contributed by atoms with Crippen molar-refractivity contribution in [2.75, 3.05) is 13.2 Å². The van der Waals surface area contributed by atoms with E-state index in [4.69, 9.17) is 19.1 Å². The predicted octanol–water partition coefficient (Wildman–Crippen LogP) is 2.84. The highest BCUT2D eigenvalue weighted by atomic mass is 31.2. The Morgan fingerprint density at radius 3 is 1.95 bits per heavy atom. The minimum Gasteiger partial charge on any atom is -0.481 e. The predicted molar refractivity (Wildman–Crippen MR) is 141 cm³/mol. The Bertz CT molecular complexity index is 1010. The van der Waals surface area contributed by atoms with E-state index in [2.05, 4.69) is 4.98 Å². The lowest BCUT2D eigenvalue weighted by Gasteiger charge is -2.25. The molecule has 4 atom stereocenters. The first-order valence-corrected chi connectivity index (χ1v) is 15.3.